The minimum absolute atomic E-state index is 0.201. The minimum Gasteiger partial charge on any atom is -0.309 e. The molecule has 0 aromatic heterocycles. The van der Waals surface area contributed by atoms with Crippen molar-refractivity contribution in [1.29, 1.82) is 0 Å². The van der Waals surface area contributed by atoms with Crippen molar-refractivity contribution >= 4 is 5.91 Å². The lowest BCUT2D eigenvalue weighted by Crippen LogP contribution is -2.43. The number of likely N-dealkylation sites (N-methyl/N-ethyl adjacent to an activating group) is 1. The second-order valence-corrected chi connectivity index (χ2v) is 1.52. The summed E-state index contributed by atoms with van der Waals surface area (Å²) in [5.74, 6) is 4.61. The van der Waals surface area contributed by atoms with Crippen molar-refractivity contribution in [2.45, 2.75) is 13.0 Å². The molecule has 4 N–H and O–H groups in total. The van der Waals surface area contributed by atoms with Gasteiger partial charge in [-0.3, -0.25) is 10.2 Å². The van der Waals surface area contributed by atoms with Crippen molar-refractivity contribution < 1.29 is 4.79 Å². The second-order valence-electron chi connectivity index (χ2n) is 1.52. The Hall–Kier alpha value is -0.610. The Bertz CT molecular complexity index is 83.4. The Labute approximate surface area is 48.4 Å². The van der Waals surface area contributed by atoms with Crippen LogP contribution in [-0.2, 0) is 4.79 Å². The molecule has 0 saturated heterocycles. The molecule has 0 rings (SSSR count). The number of rotatable bonds is 2. The van der Waals surface area contributed by atoms with Gasteiger partial charge in [-0.25, -0.2) is 5.84 Å². The van der Waals surface area contributed by atoms with Gasteiger partial charge in [-0.15, -0.1) is 0 Å². The fourth-order valence-corrected chi connectivity index (χ4v) is 0.256. The number of hydrazine groups is 1. The maximum atomic E-state index is 10.4. The van der Waals surface area contributed by atoms with Crippen LogP contribution in [-0.4, -0.2) is 19.0 Å². The summed E-state index contributed by atoms with van der Waals surface area (Å²) in [6.45, 7) is 1.72. The normalized spacial score (nSPS) is 12.9. The van der Waals surface area contributed by atoms with E-state index >= 15 is 0 Å². The SMILES string of the molecule is CNC(C)C(=O)NN. The molecule has 0 aliphatic carbocycles. The summed E-state index contributed by atoms with van der Waals surface area (Å²) >= 11 is 0. The van der Waals surface area contributed by atoms with Gasteiger partial charge in [0.05, 0.1) is 6.04 Å². The highest BCUT2D eigenvalue weighted by Crippen LogP contribution is 1.74. The predicted molar refractivity (Wildman–Crippen MR) is 30.9 cm³/mol. The lowest BCUT2D eigenvalue weighted by Gasteiger charge is -2.05. The summed E-state index contributed by atoms with van der Waals surface area (Å²) in [5.41, 5.74) is 2.01. The molecule has 8 heavy (non-hydrogen) atoms. The zero-order chi connectivity index (χ0) is 6.57. The first-order valence-electron chi connectivity index (χ1n) is 2.40. The van der Waals surface area contributed by atoms with E-state index in [1.54, 1.807) is 14.0 Å². The monoisotopic (exact) mass is 117 g/mol. The van der Waals surface area contributed by atoms with Gasteiger partial charge in [0.25, 0.3) is 5.91 Å². The molecule has 0 spiro atoms. The molecular formula is C4H11N3O. The molecule has 4 heteroatoms. The fourth-order valence-electron chi connectivity index (χ4n) is 0.256. The molecule has 1 unspecified atom stereocenters. The Morgan fingerprint density at radius 1 is 1.75 bits per heavy atom. The van der Waals surface area contributed by atoms with Crippen molar-refractivity contribution in [2.24, 2.45) is 5.84 Å². The predicted octanol–water partition coefficient (Wildman–Crippen LogP) is -1.42. The number of nitrogens with two attached hydrogens (primary N) is 1. The average molecular weight is 117 g/mol. The number of amides is 1. The smallest absolute Gasteiger partial charge is 0.250 e. The standard InChI is InChI=1S/C4H11N3O/c1-3(6-2)4(8)7-5/h3,6H,5H2,1-2H3,(H,7,8). The van der Waals surface area contributed by atoms with E-state index in [2.05, 4.69) is 5.32 Å². The molecule has 1 amide bonds. The summed E-state index contributed by atoms with van der Waals surface area (Å²) in [6.07, 6.45) is 0. The van der Waals surface area contributed by atoms with Crippen LogP contribution >= 0.6 is 0 Å². The highest BCUT2D eigenvalue weighted by atomic mass is 16.2. The molecule has 4 nitrogen and oxygen atoms in total. The van der Waals surface area contributed by atoms with Gasteiger partial charge < -0.3 is 5.32 Å². The van der Waals surface area contributed by atoms with Gasteiger partial charge in [0.15, 0.2) is 0 Å². The minimum atomic E-state index is -0.208. The van der Waals surface area contributed by atoms with Crippen LogP contribution in [0.3, 0.4) is 0 Å². The van der Waals surface area contributed by atoms with E-state index in [-0.39, 0.29) is 11.9 Å². The van der Waals surface area contributed by atoms with Gasteiger partial charge in [-0.2, -0.15) is 0 Å². The topological polar surface area (TPSA) is 67.2 Å². The Balaban J connectivity index is 3.46. The zero-order valence-electron chi connectivity index (χ0n) is 5.06. The van der Waals surface area contributed by atoms with Crippen molar-refractivity contribution in [3.05, 3.63) is 0 Å². The summed E-state index contributed by atoms with van der Waals surface area (Å²) in [5, 5.41) is 2.72. The maximum absolute atomic E-state index is 10.4. The van der Waals surface area contributed by atoms with E-state index in [4.69, 9.17) is 5.84 Å². The lowest BCUT2D eigenvalue weighted by molar-refractivity contribution is -0.122. The number of hydrogen-bond acceptors (Lipinski definition) is 3. The van der Waals surface area contributed by atoms with Crippen LogP contribution in [0.2, 0.25) is 0 Å². The van der Waals surface area contributed by atoms with Crippen LogP contribution in [0.15, 0.2) is 0 Å². The first-order chi connectivity index (χ1) is 3.72. The summed E-state index contributed by atoms with van der Waals surface area (Å²) < 4.78 is 0. The molecule has 48 valence electrons. The quantitative estimate of drug-likeness (QED) is 0.236. The van der Waals surface area contributed by atoms with E-state index in [9.17, 15) is 4.79 Å². The van der Waals surface area contributed by atoms with Crippen LogP contribution in [0, 0.1) is 0 Å². The van der Waals surface area contributed by atoms with E-state index < -0.39 is 0 Å². The summed E-state index contributed by atoms with van der Waals surface area (Å²) in [7, 11) is 1.69. The maximum Gasteiger partial charge on any atom is 0.250 e. The molecule has 0 saturated carbocycles. The van der Waals surface area contributed by atoms with Crippen molar-refractivity contribution in [3.8, 4) is 0 Å². The third kappa shape index (κ3) is 1.90. The van der Waals surface area contributed by atoms with Gasteiger partial charge in [-0.1, -0.05) is 0 Å². The number of carbonyl (C=O) groups excluding carboxylic acids is 1. The van der Waals surface area contributed by atoms with Gasteiger partial charge in [0.2, 0.25) is 0 Å². The molecule has 0 aliphatic rings. The molecule has 0 aromatic carbocycles. The van der Waals surface area contributed by atoms with Crippen molar-refractivity contribution in [3.63, 3.8) is 0 Å². The molecular weight excluding hydrogens is 106 g/mol. The number of hydrogen-bond donors (Lipinski definition) is 3. The summed E-state index contributed by atoms with van der Waals surface area (Å²) in [4.78, 5) is 10.4. The van der Waals surface area contributed by atoms with Gasteiger partial charge >= 0.3 is 0 Å². The fraction of sp³-hybridized carbons (Fsp3) is 0.750. The van der Waals surface area contributed by atoms with E-state index in [1.165, 1.54) is 0 Å². The van der Waals surface area contributed by atoms with Crippen molar-refractivity contribution in [2.75, 3.05) is 7.05 Å². The summed E-state index contributed by atoms with van der Waals surface area (Å²) in [6, 6.07) is -0.208. The van der Waals surface area contributed by atoms with Gasteiger partial charge in [0.1, 0.15) is 0 Å². The Kier molecular flexibility index (Phi) is 3.14. The van der Waals surface area contributed by atoms with Crippen molar-refractivity contribution in [1.82, 2.24) is 10.7 Å². The molecule has 0 radical (unpaired) electrons. The molecule has 0 bridgehead atoms. The zero-order valence-corrected chi connectivity index (χ0v) is 5.06. The van der Waals surface area contributed by atoms with Crippen LogP contribution in [0.25, 0.3) is 0 Å². The Morgan fingerprint density at radius 2 is 2.25 bits per heavy atom. The third-order valence-corrected chi connectivity index (χ3v) is 0.969. The molecule has 0 aromatic rings. The largest absolute Gasteiger partial charge is 0.309 e. The highest BCUT2D eigenvalue weighted by molar-refractivity contribution is 5.80. The van der Waals surface area contributed by atoms with E-state index in [0.717, 1.165) is 0 Å². The number of nitrogens with one attached hydrogen (secondary N) is 2. The van der Waals surface area contributed by atoms with Crippen LogP contribution in [0.5, 0.6) is 0 Å². The van der Waals surface area contributed by atoms with Crippen LogP contribution < -0.4 is 16.6 Å². The highest BCUT2D eigenvalue weighted by Gasteiger charge is 2.05. The molecule has 0 heterocycles. The lowest BCUT2D eigenvalue weighted by atomic mass is 10.3. The van der Waals surface area contributed by atoms with Crippen LogP contribution in [0.4, 0.5) is 0 Å². The number of carbonyl (C=O) groups is 1. The van der Waals surface area contributed by atoms with E-state index in [1.807, 2.05) is 5.43 Å². The second kappa shape index (κ2) is 3.40. The average Bonchev–Trinajstić information content (AvgIpc) is 1.84. The molecule has 0 fully saturated rings. The first kappa shape index (κ1) is 7.39. The molecule has 0 aliphatic heterocycles. The van der Waals surface area contributed by atoms with Gasteiger partial charge in [-0.05, 0) is 14.0 Å². The van der Waals surface area contributed by atoms with Gasteiger partial charge in [0, 0.05) is 0 Å². The first-order valence-corrected chi connectivity index (χ1v) is 2.40. The Morgan fingerprint density at radius 3 is 2.38 bits per heavy atom. The van der Waals surface area contributed by atoms with E-state index in [0.29, 0.717) is 0 Å². The van der Waals surface area contributed by atoms with Crippen LogP contribution in [0.1, 0.15) is 6.92 Å². The third-order valence-electron chi connectivity index (χ3n) is 0.969. The molecule has 1 atom stereocenters.